The molecular weight excluding hydrogens is 338 g/mol. The molecule has 1 aliphatic rings. The van der Waals surface area contributed by atoms with Gasteiger partial charge in [-0.2, -0.15) is 0 Å². The van der Waals surface area contributed by atoms with Gasteiger partial charge in [-0.15, -0.1) is 0 Å². The molecular formula is C20H24F2N2S. The minimum absolute atomic E-state index is 0.152. The van der Waals surface area contributed by atoms with Gasteiger partial charge in [-0.1, -0.05) is 26.0 Å². The zero-order chi connectivity index (χ0) is 17.9. The first-order valence-corrected chi connectivity index (χ1v) is 9.52. The van der Waals surface area contributed by atoms with Gasteiger partial charge in [-0.25, -0.2) is 13.5 Å². The Hall–Kier alpha value is -1.43. The zero-order valence-electron chi connectivity index (χ0n) is 14.6. The van der Waals surface area contributed by atoms with Crippen molar-refractivity contribution in [3.05, 3.63) is 65.2 Å². The lowest BCUT2D eigenvalue weighted by molar-refractivity contribution is 0.285. The molecule has 0 radical (unpaired) electrons. The monoisotopic (exact) mass is 362 g/mol. The molecule has 1 fully saturated rings. The van der Waals surface area contributed by atoms with Gasteiger partial charge in [-0.05, 0) is 79.7 Å². The fraction of sp³-hybridized carbons (Fsp3) is 0.400. The van der Waals surface area contributed by atoms with Gasteiger partial charge in [0.15, 0.2) is 0 Å². The summed E-state index contributed by atoms with van der Waals surface area (Å²) < 4.78 is 31.5. The summed E-state index contributed by atoms with van der Waals surface area (Å²) in [4.78, 5) is 0.915. The predicted molar refractivity (Wildman–Crippen MR) is 99.7 cm³/mol. The van der Waals surface area contributed by atoms with Crippen LogP contribution in [0.1, 0.15) is 43.7 Å². The average Bonchev–Trinajstić information content (AvgIpc) is 2.62. The molecule has 1 heterocycles. The Morgan fingerprint density at radius 2 is 1.72 bits per heavy atom. The van der Waals surface area contributed by atoms with Crippen molar-refractivity contribution >= 4 is 11.9 Å². The molecule has 0 atom stereocenters. The van der Waals surface area contributed by atoms with E-state index < -0.39 is 5.54 Å². The lowest BCUT2D eigenvalue weighted by Crippen LogP contribution is -2.47. The first-order chi connectivity index (χ1) is 12.0. The van der Waals surface area contributed by atoms with E-state index in [0.717, 1.165) is 36.4 Å². The van der Waals surface area contributed by atoms with Crippen LogP contribution in [-0.4, -0.2) is 13.1 Å². The molecule has 134 valence electrons. The number of halogens is 2. The summed E-state index contributed by atoms with van der Waals surface area (Å²) in [6, 6.07) is 12.0. The first-order valence-electron chi connectivity index (χ1n) is 8.70. The van der Waals surface area contributed by atoms with Gasteiger partial charge in [-0.3, -0.25) is 0 Å². The van der Waals surface area contributed by atoms with Crippen LogP contribution in [0.15, 0.2) is 47.4 Å². The third-order valence-electron chi connectivity index (χ3n) is 4.81. The number of benzene rings is 2. The maximum Gasteiger partial charge on any atom is 0.128 e. The van der Waals surface area contributed by atoms with Gasteiger partial charge in [0.1, 0.15) is 11.6 Å². The van der Waals surface area contributed by atoms with Crippen LogP contribution in [0, 0.1) is 11.6 Å². The number of nitrogens with one attached hydrogen (secondary N) is 2. The summed E-state index contributed by atoms with van der Waals surface area (Å²) in [6.07, 6.45) is 1.61. The molecule has 0 amide bonds. The fourth-order valence-corrected chi connectivity index (χ4v) is 4.12. The highest BCUT2D eigenvalue weighted by Gasteiger charge is 2.36. The third kappa shape index (κ3) is 4.22. The summed E-state index contributed by atoms with van der Waals surface area (Å²) >= 11 is 1.44. The molecule has 2 nitrogen and oxygen atoms in total. The molecule has 2 N–H and O–H groups in total. The van der Waals surface area contributed by atoms with Gasteiger partial charge < -0.3 is 5.32 Å². The van der Waals surface area contributed by atoms with Crippen molar-refractivity contribution in [2.75, 3.05) is 13.1 Å². The Morgan fingerprint density at radius 1 is 1.04 bits per heavy atom. The van der Waals surface area contributed by atoms with Crippen LogP contribution in [0.4, 0.5) is 8.78 Å². The molecule has 2 aromatic rings. The lowest BCUT2D eigenvalue weighted by Gasteiger charge is -2.39. The highest BCUT2D eigenvalue weighted by Crippen LogP contribution is 2.36. The van der Waals surface area contributed by atoms with Gasteiger partial charge in [0.25, 0.3) is 0 Å². The zero-order valence-corrected chi connectivity index (χ0v) is 15.4. The molecule has 0 aliphatic carbocycles. The molecule has 1 saturated heterocycles. The van der Waals surface area contributed by atoms with Gasteiger partial charge in [0, 0.05) is 10.5 Å². The molecule has 0 bridgehead atoms. The highest BCUT2D eigenvalue weighted by atomic mass is 32.2. The number of hydrogen-bond donors (Lipinski definition) is 2. The minimum Gasteiger partial charge on any atom is -0.317 e. The summed E-state index contributed by atoms with van der Waals surface area (Å²) in [7, 11) is 0. The van der Waals surface area contributed by atoms with E-state index in [4.69, 9.17) is 0 Å². The second-order valence-corrected chi connectivity index (χ2v) is 7.76. The second-order valence-electron chi connectivity index (χ2n) is 6.88. The molecule has 5 heteroatoms. The predicted octanol–water partition coefficient (Wildman–Crippen LogP) is 4.96. The van der Waals surface area contributed by atoms with E-state index in [0.29, 0.717) is 11.5 Å². The van der Waals surface area contributed by atoms with Crippen LogP contribution in [0.5, 0.6) is 0 Å². The van der Waals surface area contributed by atoms with Crippen molar-refractivity contribution in [2.24, 2.45) is 0 Å². The molecule has 0 saturated carbocycles. The van der Waals surface area contributed by atoms with Crippen LogP contribution >= 0.6 is 11.9 Å². The number of piperidine rings is 1. The van der Waals surface area contributed by atoms with Crippen molar-refractivity contribution in [1.29, 1.82) is 0 Å². The van der Waals surface area contributed by atoms with Crippen LogP contribution in [0.3, 0.4) is 0 Å². The third-order valence-corrected chi connectivity index (χ3v) is 5.81. The van der Waals surface area contributed by atoms with E-state index in [9.17, 15) is 8.78 Å². The Kier molecular flexibility index (Phi) is 5.77. The molecule has 0 spiro atoms. The maximum atomic E-state index is 14.9. The first kappa shape index (κ1) is 18.4. The van der Waals surface area contributed by atoms with E-state index in [-0.39, 0.29) is 11.6 Å². The second kappa shape index (κ2) is 7.85. The van der Waals surface area contributed by atoms with Gasteiger partial charge in [0.2, 0.25) is 0 Å². The van der Waals surface area contributed by atoms with Gasteiger partial charge >= 0.3 is 0 Å². The van der Waals surface area contributed by atoms with Crippen molar-refractivity contribution in [1.82, 2.24) is 10.0 Å². The normalized spacial score (nSPS) is 17.0. The number of rotatable bonds is 5. The van der Waals surface area contributed by atoms with Crippen molar-refractivity contribution < 1.29 is 8.78 Å². The Morgan fingerprint density at radius 3 is 2.32 bits per heavy atom. The number of hydrogen-bond acceptors (Lipinski definition) is 3. The Labute approximate surface area is 152 Å². The summed E-state index contributed by atoms with van der Waals surface area (Å²) in [5, 5.41) is 3.34. The minimum atomic E-state index is -0.427. The molecule has 1 aliphatic heterocycles. The fourth-order valence-electron chi connectivity index (χ4n) is 3.22. The summed E-state index contributed by atoms with van der Waals surface area (Å²) in [5.41, 5.74) is 1.30. The standard InChI is InChI=1S/C20H24F2N2S/c1-14(2)15-3-8-18(19(22)13-15)20(9-11-23-12-10-20)24-25-17-6-4-16(21)5-7-17/h3-8,13-14,23-24H,9-12H2,1-2H3. The van der Waals surface area contributed by atoms with E-state index in [1.54, 1.807) is 18.2 Å². The van der Waals surface area contributed by atoms with Gasteiger partial charge in [0.05, 0.1) is 5.54 Å². The highest BCUT2D eigenvalue weighted by molar-refractivity contribution is 7.97. The van der Waals surface area contributed by atoms with Crippen molar-refractivity contribution in [3.63, 3.8) is 0 Å². The molecule has 0 unspecified atom stereocenters. The van der Waals surface area contributed by atoms with Crippen LogP contribution in [0.2, 0.25) is 0 Å². The smallest absolute Gasteiger partial charge is 0.128 e. The van der Waals surface area contributed by atoms with Crippen molar-refractivity contribution in [2.45, 2.75) is 43.0 Å². The molecule has 0 aromatic heterocycles. The topological polar surface area (TPSA) is 24.1 Å². The van der Waals surface area contributed by atoms with Crippen LogP contribution in [-0.2, 0) is 5.54 Å². The van der Waals surface area contributed by atoms with E-state index in [1.807, 2.05) is 12.1 Å². The quantitative estimate of drug-likeness (QED) is 0.735. The molecule has 25 heavy (non-hydrogen) atoms. The van der Waals surface area contributed by atoms with E-state index in [1.165, 1.54) is 24.1 Å². The summed E-state index contributed by atoms with van der Waals surface area (Å²) in [5.74, 6) is -0.106. The summed E-state index contributed by atoms with van der Waals surface area (Å²) in [6.45, 7) is 5.81. The molecule has 2 aromatic carbocycles. The average molecular weight is 362 g/mol. The molecule has 3 rings (SSSR count). The SMILES string of the molecule is CC(C)c1ccc(C2(NSc3ccc(F)cc3)CCNCC2)c(F)c1. The van der Waals surface area contributed by atoms with Crippen molar-refractivity contribution in [3.8, 4) is 0 Å². The lowest BCUT2D eigenvalue weighted by atomic mass is 9.81. The van der Waals surface area contributed by atoms with Crippen LogP contribution < -0.4 is 10.0 Å². The Balaban J connectivity index is 1.86. The van der Waals surface area contributed by atoms with Crippen LogP contribution in [0.25, 0.3) is 0 Å². The van der Waals surface area contributed by atoms with E-state index in [2.05, 4.69) is 23.9 Å². The van der Waals surface area contributed by atoms with E-state index >= 15 is 0 Å². The Bertz CT molecular complexity index is 710. The maximum absolute atomic E-state index is 14.9. The largest absolute Gasteiger partial charge is 0.317 e.